The van der Waals surface area contributed by atoms with Gasteiger partial charge in [-0.15, -0.1) is 0 Å². The van der Waals surface area contributed by atoms with E-state index in [0.717, 1.165) is 53.9 Å². The Balaban J connectivity index is 1.04. The van der Waals surface area contributed by atoms with Crippen LogP contribution in [0.15, 0.2) is 109 Å². The minimum Gasteiger partial charge on any atom is -0.392 e. The lowest BCUT2D eigenvalue weighted by Crippen LogP contribution is -2.57. The van der Waals surface area contributed by atoms with E-state index in [1.807, 2.05) is 97.1 Å². The van der Waals surface area contributed by atoms with E-state index in [1.165, 1.54) is 0 Å². The maximum atomic E-state index is 13.2. The van der Waals surface area contributed by atoms with Crippen LogP contribution in [0.4, 0.5) is 16.2 Å². The van der Waals surface area contributed by atoms with E-state index in [-0.39, 0.29) is 36.7 Å². The SMILES string of the molecule is C[C@H]1[C@@H](CN2CCC3(CC2)C(=O)NCN3c2ccccc2)O[C@@H](c2ccc(NC(=O)NCc3ccccc3)cc2)O[C@H]1c1ccc(CO)cc1. The van der Waals surface area contributed by atoms with Crippen LogP contribution in [0.1, 0.15) is 54.4 Å². The molecule has 7 rings (SSSR count). The third kappa shape index (κ3) is 7.25. The predicted molar refractivity (Wildman–Crippen MR) is 192 cm³/mol. The molecule has 3 heterocycles. The number of ether oxygens (including phenoxy) is 2. The summed E-state index contributed by atoms with van der Waals surface area (Å²) in [6.45, 7) is 5.36. The second-order valence-corrected chi connectivity index (χ2v) is 13.5. The van der Waals surface area contributed by atoms with Crippen molar-refractivity contribution < 1.29 is 24.2 Å². The fourth-order valence-corrected chi connectivity index (χ4v) is 7.40. The standard InChI is InChI=1S/C40H45N5O5/c1-28-35(25-44-22-20-40(21-23-44)38(47)42-27-45(40)34-10-6-3-7-11-34)49-37(50-36(28)31-14-12-30(26-46)13-15-31)32-16-18-33(19-17-32)43-39(48)41-24-29-8-4-2-5-9-29/h2-19,28,35-37,46H,20-27H2,1H3,(H,42,47)(H2,41,43,48)/t28-,35+,36+,37+/m0/s1. The molecule has 1 spiro atoms. The van der Waals surface area contributed by atoms with Crippen molar-refractivity contribution in [2.75, 3.05) is 36.5 Å². The molecule has 3 aliphatic heterocycles. The molecular formula is C40H45N5O5. The molecule has 0 aromatic heterocycles. The summed E-state index contributed by atoms with van der Waals surface area (Å²) in [5.74, 6) is 0.140. The molecule has 50 heavy (non-hydrogen) atoms. The average molecular weight is 676 g/mol. The van der Waals surface area contributed by atoms with Crippen LogP contribution in [0.3, 0.4) is 0 Å². The van der Waals surface area contributed by atoms with Crippen LogP contribution in [-0.2, 0) is 27.4 Å². The van der Waals surface area contributed by atoms with Gasteiger partial charge in [0.25, 0.3) is 0 Å². The fraction of sp³-hybridized carbons (Fsp3) is 0.350. The van der Waals surface area contributed by atoms with Gasteiger partial charge in [-0.2, -0.15) is 0 Å². The maximum absolute atomic E-state index is 13.2. The highest BCUT2D eigenvalue weighted by Crippen LogP contribution is 2.43. The third-order valence-corrected chi connectivity index (χ3v) is 10.4. The number of piperidine rings is 1. The molecule has 4 atom stereocenters. The second-order valence-electron chi connectivity index (χ2n) is 13.5. The minimum atomic E-state index is -0.620. The summed E-state index contributed by atoms with van der Waals surface area (Å²) in [4.78, 5) is 30.5. The van der Waals surface area contributed by atoms with Gasteiger partial charge in [0.05, 0.1) is 25.5 Å². The Morgan fingerprint density at radius 3 is 2.20 bits per heavy atom. The first-order valence-corrected chi connectivity index (χ1v) is 17.4. The lowest BCUT2D eigenvalue weighted by Gasteiger charge is -2.46. The first-order chi connectivity index (χ1) is 24.4. The van der Waals surface area contributed by atoms with E-state index < -0.39 is 11.8 Å². The second kappa shape index (κ2) is 15.0. The van der Waals surface area contributed by atoms with Crippen molar-refractivity contribution in [2.45, 2.75) is 57.0 Å². The zero-order chi connectivity index (χ0) is 34.5. The van der Waals surface area contributed by atoms with E-state index in [1.54, 1.807) is 0 Å². The Kier molecular flexibility index (Phi) is 10.1. The van der Waals surface area contributed by atoms with Crippen LogP contribution in [0.25, 0.3) is 0 Å². The van der Waals surface area contributed by atoms with Gasteiger partial charge in [0.1, 0.15) is 5.54 Å². The monoisotopic (exact) mass is 675 g/mol. The summed E-state index contributed by atoms with van der Waals surface area (Å²) >= 11 is 0. The van der Waals surface area contributed by atoms with Crippen molar-refractivity contribution in [3.8, 4) is 0 Å². The summed E-state index contributed by atoms with van der Waals surface area (Å²) in [6, 6.07) is 35.2. The molecule has 10 heteroatoms. The van der Waals surface area contributed by atoms with Crippen molar-refractivity contribution in [1.29, 1.82) is 0 Å². The Morgan fingerprint density at radius 2 is 1.52 bits per heavy atom. The quantitative estimate of drug-likeness (QED) is 0.180. The smallest absolute Gasteiger partial charge is 0.319 e. The summed E-state index contributed by atoms with van der Waals surface area (Å²) < 4.78 is 13.4. The molecule has 3 aliphatic rings. The summed E-state index contributed by atoms with van der Waals surface area (Å²) in [7, 11) is 0. The number of aliphatic hydroxyl groups excluding tert-OH is 1. The van der Waals surface area contributed by atoms with Gasteiger partial charge in [0.15, 0.2) is 6.29 Å². The maximum Gasteiger partial charge on any atom is 0.319 e. The Morgan fingerprint density at radius 1 is 0.860 bits per heavy atom. The molecule has 4 aromatic carbocycles. The largest absolute Gasteiger partial charge is 0.392 e. The number of benzene rings is 4. The number of para-hydroxylation sites is 1. The van der Waals surface area contributed by atoms with E-state index in [9.17, 15) is 14.7 Å². The number of aliphatic hydroxyl groups is 1. The summed E-state index contributed by atoms with van der Waals surface area (Å²) in [6.07, 6.45) is 0.459. The lowest BCUT2D eigenvalue weighted by molar-refractivity contribution is -0.276. The van der Waals surface area contributed by atoms with Crippen LogP contribution < -0.4 is 20.9 Å². The van der Waals surface area contributed by atoms with Crippen molar-refractivity contribution in [3.05, 3.63) is 131 Å². The van der Waals surface area contributed by atoms with Crippen LogP contribution >= 0.6 is 0 Å². The van der Waals surface area contributed by atoms with Crippen molar-refractivity contribution in [1.82, 2.24) is 15.5 Å². The molecule has 0 bridgehead atoms. The van der Waals surface area contributed by atoms with Gasteiger partial charge < -0.3 is 40.3 Å². The molecule has 10 nitrogen and oxygen atoms in total. The van der Waals surface area contributed by atoms with E-state index in [2.05, 4.69) is 44.8 Å². The highest BCUT2D eigenvalue weighted by Gasteiger charge is 2.51. The number of amides is 3. The average Bonchev–Trinajstić information content (AvgIpc) is 3.48. The fourth-order valence-electron chi connectivity index (χ4n) is 7.40. The first kappa shape index (κ1) is 33.7. The van der Waals surface area contributed by atoms with E-state index in [4.69, 9.17) is 9.47 Å². The number of likely N-dealkylation sites (tertiary alicyclic amines) is 1. The van der Waals surface area contributed by atoms with Crippen LogP contribution in [0.2, 0.25) is 0 Å². The molecule has 3 fully saturated rings. The minimum absolute atomic E-state index is 0.0173. The Hall–Kier alpha value is -4.74. The molecule has 3 saturated heterocycles. The van der Waals surface area contributed by atoms with Gasteiger partial charge in [-0.3, -0.25) is 4.79 Å². The van der Waals surface area contributed by atoms with Crippen molar-refractivity contribution >= 4 is 23.3 Å². The molecule has 4 aromatic rings. The number of anilines is 2. The number of carbonyl (C=O) groups excluding carboxylic acids is 2. The Labute approximate surface area is 293 Å². The van der Waals surface area contributed by atoms with Gasteiger partial charge in [0.2, 0.25) is 5.91 Å². The van der Waals surface area contributed by atoms with Crippen LogP contribution in [0, 0.1) is 5.92 Å². The molecule has 3 amide bonds. The molecule has 260 valence electrons. The number of hydrogen-bond donors (Lipinski definition) is 4. The Bertz CT molecular complexity index is 1730. The topological polar surface area (TPSA) is 115 Å². The van der Waals surface area contributed by atoms with Gasteiger partial charge in [-0.25, -0.2) is 4.79 Å². The zero-order valence-electron chi connectivity index (χ0n) is 28.3. The zero-order valence-corrected chi connectivity index (χ0v) is 28.3. The van der Waals surface area contributed by atoms with E-state index >= 15 is 0 Å². The van der Waals surface area contributed by atoms with Gasteiger partial charge >= 0.3 is 6.03 Å². The predicted octanol–water partition coefficient (Wildman–Crippen LogP) is 5.72. The molecule has 0 saturated carbocycles. The number of carbonyl (C=O) groups is 2. The van der Waals surface area contributed by atoms with Crippen molar-refractivity contribution in [3.63, 3.8) is 0 Å². The normalized spacial score (nSPS) is 23.4. The first-order valence-electron chi connectivity index (χ1n) is 17.4. The van der Waals surface area contributed by atoms with Gasteiger partial charge in [-0.05, 0) is 53.8 Å². The highest BCUT2D eigenvalue weighted by atomic mass is 16.7. The third-order valence-electron chi connectivity index (χ3n) is 10.4. The van der Waals surface area contributed by atoms with Gasteiger partial charge in [-0.1, -0.05) is 91.9 Å². The number of nitrogens with one attached hydrogen (secondary N) is 3. The van der Waals surface area contributed by atoms with Crippen molar-refractivity contribution in [2.24, 2.45) is 5.92 Å². The molecule has 0 radical (unpaired) electrons. The molecule has 0 aliphatic carbocycles. The van der Waals surface area contributed by atoms with Gasteiger partial charge in [0, 0.05) is 49.0 Å². The van der Waals surface area contributed by atoms with Crippen LogP contribution in [0.5, 0.6) is 0 Å². The number of hydrogen-bond acceptors (Lipinski definition) is 7. The van der Waals surface area contributed by atoms with Crippen LogP contribution in [-0.4, -0.2) is 59.9 Å². The highest BCUT2D eigenvalue weighted by molar-refractivity contribution is 5.93. The number of nitrogens with zero attached hydrogens (tertiary/aromatic N) is 2. The van der Waals surface area contributed by atoms with E-state index in [0.29, 0.717) is 25.4 Å². The summed E-state index contributed by atoms with van der Waals surface area (Å²) in [5, 5.41) is 18.5. The molecule has 4 N–H and O–H groups in total. The molecular weight excluding hydrogens is 630 g/mol. The number of urea groups is 1. The number of rotatable bonds is 9. The molecule has 0 unspecified atom stereocenters. The lowest BCUT2D eigenvalue weighted by atomic mass is 9.84. The summed E-state index contributed by atoms with van der Waals surface area (Å²) in [5.41, 5.74) is 4.93.